The predicted molar refractivity (Wildman–Crippen MR) is 102 cm³/mol. The van der Waals surface area contributed by atoms with Crippen LogP contribution >= 0.6 is 0 Å². The average molecular weight is 357 g/mol. The normalized spacial score (nSPS) is 16.8. The molecule has 2 aromatic rings. The Morgan fingerprint density at radius 3 is 2.69 bits per heavy atom. The van der Waals surface area contributed by atoms with Crippen LogP contribution in [0.4, 0.5) is 5.82 Å². The third kappa shape index (κ3) is 3.77. The van der Waals surface area contributed by atoms with Crippen molar-refractivity contribution in [1.82, 2.24) is 20.3 Å². The van der Waals surface area contributed by atoms with E-state index in [1.54, 1.807) is 0 Å². The van der Waals surface area contributed by atoms with Gasteiger partial charge in [-0.15, -0.1) is 0 Å². The number of carbonyl (C=O) groups excluding carboxylic acids is 1. The van der Waals surface area contributed by atoms with Crippen LogP contribution in [0.3, 0.4) is 0 Å². The molecule has 140 valence electrons. The number of fused-ring (bicyclic) bond motifs is 1. The zero-order valence-electron chi connectivity index (χ0n) is 16.0. The number of pyridine rings is 1. The van der Waals surface area contributed by atoms with Crippen LogP contribution < -0.4 is 10.2 Å². The number of nitrogens with zero attached hydrogens (tertiary/aromatic N) is 4. The molecular formula is C19H27N5O2. The molecule has 0 spiro atoms. The molecule has 1 amide bonds. The van der Waals surface area contributed by atoms with Crippen LogP contribution in [0, 0.1) is 13.8 Å². The van der Waals surface area contributed by atoms with Crippen molar-refractivity contribution in [2.45, 2.75) is 46.6 Å². The van der Waals surface area contributed by atoms with Gasteiger partial charge >= 0.3 is 0 Å². The molecule has 0 saturated carbocycles. The van der Waals surface area contributed by atoms with Gasteiger partial charge in [-0.3, -0.25) is 4.79 Å². The summed E-state index contributed by atoms with van der Waals surface area (Å²) in [6, 6.07) is 2.02. The Bertz CT molecular complexity index is 798. The maximum Gasteiger partial charge on any atom is 0.289 e. The lowest BCUT2D eigenvalue weighted by Gasteiger charge is -2.22. The summed E-state index contributed by atoms with van der Waals surface area (Å²) in [5.41, 5.74) is 2.52. The van der Waals surface area contributed by atoms with E-state index in [0.717, 1.165) is 55.0 Å². The summed E-state index contributed by atoms with van der Waals surface area (Å²) in [4.78, 5) is 28.4. The molecule has 1 aliphatic rings. The van der Waals surface area contributed by atoms with E-state index in [1.807, 2.05) is 19.9 Å². The molecule has 1 unspecified atom stereocenters. The second kappa shape index (κ2) is 7.95. The number of hydrogen-bond donors (Lipinski definition) is 1. The van der Waals surface area contributed by atoms with Gasteiger partial charge in [0.05, 0.1) is 11.5 Å². The van der Waals surface area contributed by atoms with Crippen LogP contribution in [0.5, 0.6) is 0 Å². The van der Waals surface area contributed by atoms with E-state index in [4.69, 9.17) is 4.74 Å². The summed E-state index contributed by atoms with van der Waals surface area (Å²) in [5.74, 6) is 0.652. The molecule has 7 heteroatoms. The lowest BCUT2D eigenvalue weighted by atomic mass is 10.1. The average Bonchev–Trinajstić information content (AvgIpc) is 3.13. The largest absolute Gasteiger partial charge is 0.376 e. The van der Waals surface area contributed by atoms with Gasteiger partial charge in [0.25, 0.3) is 5.91 Å². The van der Waals surface area contributed by atoms with Crippen molar-refractivity contribution in [3.05, 3.63) is 23.1 Å². The summed E-state index contributed by atoms with van der Waals surface area (Å²) in [6.07, 6.45) is 2.11. The van der Waals surface area contributed by atoms with E-state index < -0.39 is 0 Å². The second-order valence-corrected chi connectivity index (χ2v) is 6.67. The van der Waals surface area contributed by atoms with Gasteiger partial charge in [0.2, 0.25) is 5.82 Å². The van der Waals surface area contributed by atoms with Gasteiger partial charge in [0.1, 0.15) is 5.82 Å². The van der Waals surface area contributed by atoms with E-state index in [0.29, 0.717) is 12.2 Å². The molecule has 1 fully saturated rings. The second-order valence-electron chi connectivity index (χ2n) is 6.67. The van der Waals surface area contributed by atoms with E-state index in [9.17, 15) is 4.79 Å². The standard InChI is InChI=1S/C19H27N5O2/c1-5-24(6-2)18-15-12(3)10-13(4)21-16(15)22-17(23-18)19(25)20-11-14-8-7-9-26-14/h10,14H,5-9,11H2,1-4H3,(H,20,25). The van der Waals surface area contributed by atoms with E-state index in [2.05, 4.69) is 39.0 Å². The molecular weight excluding hydrogens is 330 g/mol. The van der Waals surface area contributed by atoms with Crippen LogP contribution in [-0.2, 0) is 4.74 Å². The number of amides is 1. The number of nitrogens with one attached hydrogen (secondary N) is 1. The van der Waals surface area contributed by atoms with Crippen molar-refractivity contribution in [3.8, 4) is 0 Å². The highest BCUT2D eigenvalue weighted by Crippen LogP contribution is 2.26. The molecule has 1 aliphatic heterocycles. The van der Waals surface area contributed by atoms with Crippen molar-refractivity contribution in [1.29, 1.82) is 0 Å². The Morgan fingerprint density at radius 1 is 1.27 bits per heavy atom. The molecule has 1 saturated heterocycles. The number of anilines is 1. The first-order valence-electron chi connectivity index (χ1n) is 9.34. The van der Waals surface area contributed by atoms with Crippen LogP contribution in [-0.4, -0.2) is 53.2 Å². The van der Waals surface area contributed by atoms with Crippen molar-refractivity contribution in [2.24, 2.45) is 0 Å². The molecule has 0 radical (unpaired) electrons. The fourth-order valence-corrected chi connectivity index (χ4v) is 3.40. The zero-order chi connectivity index (χ0) is 18.7. The number of aromatic nitrogens is 3. The maximum atomic E-state index is 12.6. The fraction of sp³-hybridized carbons (Fsp3) is 0.579. The lowest BCUT2D eigenvalue weighted by molar-refractivity contribution is 0.0849. The summed E-state index contributed by atoms with van der Waals surface area (Å²) in [5, 5.41) is 3.81. The van der Waals surface area contributed by atoms with Gasteiger partial charge in [-0.1, -0.05) is 0 Å². The summed E-state index contributed by atoms with van der Waals surface area (Å²) < 4.78 is 5.56. The highest BCUT2D eigenvalue weighted by molar-refractivity contribution is 5.96. The minimum absolute atomic E-state index is 0.0873. The number of hydrogen-bond acceptors (Lipinski definition) is 6. The molecule has 3 heterocycles. The molecule has 1 N–H and O–H groups in total. The van der Waals surface area contributed by atoms with Crippen molar-refractivity contribution in [2.75, 3.05) is 31.1 Å². The first-order chi connectivity index (χ1) is 12.5. The molecule has 0 aromatic carbocycles. The number of rotatable bonds is 6. The van der Waals surface area contributed by atoms with E-state index in [1.165, 1.54) is 0 Å². The van der Waals surface area contributed by atoms with E-state index in [-0.39, 0.29) is 17.8 Å². The highest BCUT2D eigenvalue weighted by Gasteiger charge is 2.21. The van der Waals surface area contributed by atoms with Gasteiger partial charge < -0.3 is 15.0 Å². The number of carbonyl (C=O) groups is 1. The molecule has 1 atom stereocenters. The summed E-state index contributed by atoms with van der Waals surface area (Å²) in [6.45, 7) is 11.0. The molecule has 0 aliphatic carbocycles. The minimum atomic E-state index is -0.281. The Balaban J connectivity index is 1.98. The van der Waals surface area contributed by atoms with Gasteiger partial charge in [-0.2, -0.15) is 0 Å². The van der Waals surface area contributed by atoms with Gasteiger partial charge in [-0.25, -0.2) is 15.0 Å². The lowest BCUT2D eigenvalue weighted by Crippen LogP contribution is -2.33. The zero-order valence-corrected chi connectivity index (χ0v) is 16.0. The fourth-order valence-electron chi connectivity index (χ4n) is 3.40. The molecule has 0 bridgehead atoms. The van der Waals surface area contributed by atoms with Crippen LogP contribution in [0.2, 0.25) is 0 Å². The Hall–Kier alpha value is -2.28. The summed E-state index contributed by atoms with van der Waals surface area (Å²) >= 11 is 0. The van der Waals surface area contributed by atoms with Crippen LogP contribution in [0.1, 0.15) is 48.6 Å². The summed E-state index contributed by atoms with van der Waals surface area (Å²) in [7, 11) is 0. The Labute approximate surface area is 154 Å². The first-order valence-corrected chi connectivity index (χ1v) is 9.34. The van der Waals surface area contributed by atoms with Crippen LogP contribution in [0.15, 0.2) is 6.07 Å². The van der Waals surface area contributed by atoms with Gasteiger partial charge in [-0.05, 0) is 52.2 Å². The Morgan fingerprint density at radius 2 is 2.04 bits per heavy atom. The topological polar surface area (TPSA) is 80.2 Å². The minimum Gasteiger partial charge on any atom is -0.376 e. The number of ether oxygens (including phenoxy) is 1. The smallest absolute Gasteiger partial charge is 0.289 e. The maximum absolute atomic E-state index is 12.6. The molecule has 3 rings (SSSR count). The third-order valence-corrected chi connectivity index (χ3v) is 4.75. The van der Waals surface area contributed by atoms with Crippen molar-refractivity contribution in [3.63, 3.8) is 0 Å². The quantitative estimate of drug-likeness (QED) is 0.855. The Kier molecular flexibility index (Phi) is 5.66. The van der Waals surface area contributed by atoms with Gasteiger partial charge in [0, 0.05) is 31.9 Å². The molecule has 7 nitrogen and oxygen atoms in total. The molecule has 26 heavy (non-hydrogen) atoms. The van der Waals surface area contributed by atoms with Crippen molar-refractivity contribution >= 4 is 22.8 Å². The van der Waals surface area contributed by atoms with E-state index >= 15 is 0 Å². The monoisotopic (exact) mass is 357 g/mol. The highest BCUT2D eigenvalue weighted by atomic mass is 16.5. The third-order valence-electron chi connectivity index (χ3n) is 4.75. The molecule has 2 aromatic heterocycles. The SMILES string of the molecule is CCN(CC)c1nc(C(=O)NCC2CCCO2)nc2nc(C)cc(C)c12. The van der Waals surface area contributed by atoms with Crippen LogP contribution in [0.25, 0.3) is 11.0 Å². The van der Waals surface area contributed by atoms with Gasteiger partial charge in [0.15, 0.2) is 5.65 Å². The number of aryl methyl sites for hydroxylation is 2. The van der Waals surface area contributed by atoms with Crippen molar-refractivity contribution < 1.29 is 9.53 Å². The first kappa shape index (κ1) is 18.5. The predicted octanol–water partition coefficient (Wildman–Crippen LogP) is 2.40.